The molecule has 1 aliphatic heterocycles. The fourth-order valence-electron chi connectivity index (χ4n) is 3.62. The average Bonchev–Trinajstić information content (AvgIpc) is 3.12. The van der Waals surface area contributed by atoms with Gasteiger partial charge in [-0.2, -0.15) is 13.2 Å². The molecular weight excluding hydrogens is 379 g/mol. The number of halogens is 4. The fraction of sp³-hybridized carbons (Fsp3) is 0.467. The first kappa shape index (κ1) is 16.3. The predicted molar refractivity (Wildman–Crippen MR) is 78.9 cm³/mol. The molecule has 0 saturated heterocycles. The molecule has 1 aliphatic carbocycles. The molecule has 1 spiro atoms. The number of benzene rings is 1. The zero-order valence-corrected chi connectivity index (χ0v) is 13.9. The van der Waals surface area contributed by atoms with Crippen LogP contribution in [0.3, 0.4) is 0 Å². The molecule has 1 heterocycles. The lowest BCUT2D eigenvalue weighted by molar-refractivity contribution is -0.164. The van der Waals surface area contributed by atoms with E-state index in [9.17, 15) is 22.8 Å². The quantitative estimate of drug-likeness (QED) is 0.728. The molecule has 1 aromatic carbocycles. The summed E-state index contributed by atoms with van der Waals surface area (Å²) in [5, 5.41) is 0. The van der Waals surface area contributed by atoms with Crippen molar-refractivity contribution in [3.05, 3.63) is 28.2 Å². The van der Waals surface area contributed by atoms with E-state index in [1.807, 2.05) is 0 Å². The third kappa shape index (κ3) is 2.03. The maximum absolute atomic E-state index is 13.5. The number of hydrogen-bond acceptors (Lipinski definition) is 3. The molecule has 0 radical (unpaired) electrons. The van der Waals surface area contributed by atoms with E-state index < -0.39 is 35.3 Å². The van der Waals surface area contributed by atoms with Crippen molar-refractivity contribution in [3.63, 3.8) is 0 Å². The molecule has 2 aliphatic rings. The molecule has 3 unspecified atom stereocenters. The molecule has 0 N–H and O–H groups in total. The van der Waals surface area contributed by atoms with Crippen LogP contribution < -0.4 is 4.90 Å². The number of alkyl halides is 3. The molecule has 3 atom stereocenters. The lowest BCUT2D eigenvalue weighted by Gasteiger charge is -2.12. The first-order valence-corrected chi connectivity index (χ1v) is 7.78. The van der Waals surface area contributed by atoms with Gasteiger partial charge in [-0.1, -0.05) is 22.0 Å². The van der Waals surface area contributed by atoms with Crippen LogP contribution in [-0.4, -0.2) is 31.7 Å². The number of amides is 1. The van der Waals surface area contributed by atoms with E-state index in [0.717, 1.165) is 0 Å². The molecule has 8 heteroatoms. The molecule has 3 rings (SSSR count). The van der Waals surface area contributed by atoms with Crippen molar-refractivity contribution >= 4 is 33.5 Å². The van der Waals surface area contributed by atoms with Gasteiger partial charge in [0.25, 0.3) is 0 Å². The molecule has 1 fully saturated rings. The Balaban J connectivity index is 2.17. The fourth-order valence-corrected chi connectivity index (χ4v) is 3.97. The van der Waals surface area contributed by atoms with Crippen LogP contribution in [0.25, 0.3) is 0 Å². The van der Waals surface area contributed by atoms with Gasteiger partial charge in [-0.25, -0.2) is 0 Å². The normalized spacial score (nSPS) is 29.0. The van der Waals surface area contributed by atoms with Gasteiger partial charge in [0.05, 0.1) is 18.4 Å². The van der Waals surface area contributed by atoms with E-state index >= 15 is 0 Å². The van der Waals surface area contributed by atoms with Gasteiger partial charge in [-0.3, -0.25) is 9.59 Å². The number of hydrogen-bond donors (Lipinski definition) is 0. The Bertz CT molecular complexity index is 706. The lowest BCUT2D eigenvalue weighted by Crippen LogP contribution is -2.33. The van der Waals surface area contributed by atoms with Gasteiger partial charge in [0, 0.05) is 17.2 Å². The summed E-state index contributed by atoms with van der Waals surface area (Å²) in [6, 6.07) is 4.62. The van der Waals surface area contributed by atoms with Gasteiger partial charge < -0.3 is 9.64 Å². The van der Waals surface area contributed by atoms with Crippen molar-refractivity contribution in [3.8, 4) is 0 Å². The molecule has 0 bridgehead atoms. The minimum atomic E-state index is -4.66. The Morgan fingerprint density at radius 2 is 2.09 bits per heavy atom. The van der Waals surface area contributed by atoms with E-state index in [-0.39, 0.29) is 12.2 Å². The van der Waals surface area contributed by atoms with Crippen LogP contribution in [0.15, 0.2) is 22.7 Å². The molecule has 4 nitrogen and oxygen atoms in total. The third-order valence-corrected chi connectivity index (χ3v) is 5.02. The van der Waals surface area contributed by atoms with Crippen molar-refractivity contribution < 1.29 is 27.5 Å². The van der Waals surface area contributed by atoms with Gasteiger partial charge in [-0.15, -0.1) is 0 Å². The SMILES string of the molecule is CCOC(=O)C1C(C(F)(F)F)C12C(=O)N(C)c1cc(Br)ccc12. The summed E-state index contributed by atoms with van der Waals surface area (Å²) in [6.45, 7) is 1.48. The molecule has 1 amide bonds. The third-order valence-electron chi connectivity index (χ3n) is 4.52. The maximum atomic E-state index is 13.5. The summed E-state index contributed by atoms with van der Waals surface area (Å²) < 4.78 is 45.8. The Hall–Kier alpha value is -1.57. The van der Waals surface area contributed by atoms with Crippen LogP contribution in [0, 0.1) is 11.8 Å². The Morgan fingerprint density at radius 3 is 2.65 bits per heavy atom. The minimum Gasteiger partial charge on any atom is -0.466 e. The van der Waals surface area contributed by atoms with E-state index in [4.69, 9.17) is 4.74 Å². The number of esters is 1. The predicted octanol–water partition coefficient (Wildman–Crippen LogP) is 3.03. The van der Waals surface area contributed by atoms with Crippen molar-refractivity contribution in [2.24, 2.45) is 11.8 Å². The average molecular weight is 392 g/mol. The largest absolute Gasteiger partial charge is 0.466 e. The van der Waals surface area contributed by atoms with Crippen LogP contribution in [0.2, 0.25) is 0 Å². The van der Waals surface area contributed by atoms with Gasteiger partial charge in [0.2, 0.25) is 5.91 Å². The second kappa shape index (κ2) is 4.96. The number of carbonyl (C=O) groups is 2. The van der Waals surface area contributed by atoms with E-state index in [1.54, 1.807) is 12.1 Å². The zero-order chi connectivity index (χ0) is 17.2. The summed E-state index contributed by atoms with van der Waals surface area (Å²) >= 11 is 3.24. The summed E-state index contributed by atoms with van der Waals surface area (Å²) in [5.74, 6) is -5.27. The van der Waals surface area contributed by atoms with Crippen molar-refractivity contribution in [1.82, 2.24) is 0 Å². The highest BCUT2D eigenvalue weighted by molar-refractivity contribution is 9.10. The van der Waals surface area contributed by atoms with Crippen molar-refractivity contribution in [2.75, 3.05) is 18.6 Å². The van der Waals surface area contributed by atoms with Crippen molar-refractivity contribution in [2.45, 2.75) is 18.5 Å². The van der Waals surface area contributed by atoms with Gasteiger partial charge in [0.1, 0.15) is 5.41 Å². The first-order chi connectivity index (χ1) is 10.7. The smallest absolute Gasteiger partial charge is 0.394 e. The molecule has 23 heavy (non-hydrogen) atoms. The molecular formula is C15H13BrF3NO3. The van der Waals surface area contributed by atoms with Gasteiger partial charge >= 0.3 is 12.1 Å². The first-order valence-electron chi connectivity index (χ1n) is 6.98. The molecule has 1 aromatic rings. The van der Waals surface area contributed by atoms with Crippen LogP contribution >= 0.6 is 15.9 Å². The standard InChI is InChI=1S/C15H13BrF3NO3/c1-3-23-12(21)10-11(15(17,18)19)14(10)8-5-4-7(16)6-9(8)20(2)13(14)22/h4-6,10-11H,3H2,1-2H3. The highest BCUT2D eigenvalue weighted by Gasteiger charge is 2.85. The number of fused-ring (bicyclic) bond motifs is 2. The van der Waals surface area contributed by atoms with Crippen LogP contribution in [-0.2, 0) is 19.7 Å². The van der Waals surface area contributed by atoms with E-state index in [0.29, 0.717) is 10.2 Å². The van der Waals surface area contributed by atoms with Gasteiger partial charge in [0.15, 0.2) is 0 Å². The summed E-state index contributed by atoms with van der Waals surface area (Å²) in [5.41, 5.74) is -1.28. The number of carbonyl (C=O) groups excluding carboxylic acids is 2. The Labute approximate surface area is 138 Å². The minimum absolute atomic E-state index is 0.0345. The van der Waals surface area contributed by atoms with E-state index in [1.165, 1.54) is 24.9 Å². The number of rotatable bonds is 2. The summed E-state index contributed by atoms with van der Waals surface area (Å²) in [6.07, 6.45) is -4.66. The Morgan fingerprint density at radius 1 is 1.43 bits per heavy atom. The zero-order valence-electron chi connectivity index (χ0n) is 12.3. The summed E-state index contributed by atoms with van der Waals surface area (Å²) in [4.78, 5) is 25.9. The highest BCUT2D eigenvalue weighted by Crippen LogP contribution is 2.70. The monoisotopic (exact) mass is 391 g/mol. The number of nitrogens with zero attached hydrogens (tertiary/aromatic N) is 1. The topological polar surface area (TPSA) is 46.6 Å². The molecule has 0 aromatic heterocycles. The van der Waals surface area contributed by atoms with Crippen LogP contribution in [0.1, 0.15) is 12.5 Å². The second-order valence-electron chi connectivity index (χ2n) is 5.64. The van der Waals surface area contributed by atoms with Gasteiger partial charge in [-0.05, 0) is 24.6 Å². The second-order valence-corrected chi connectivity index (χ2v) is 6.56. The molecule has 124 valence electrons. The number of likely N-dealkylation sites (N-methyl/N-ethyl adjacent to an activating group) is 1. The number of ether oxygens (including phenoxy) is 1. The van der Waals surface area contributed by atoms with Crippen LogP contribution in [0.4, 0.5) is 18.9 Å². The van der Waals surface area contributed by atoms with E-state index in [2.05, 4.69) is 15.9 Å². The number of anilines is 1. The Kier molecular flexibility index (Phi) is 3.51. The maximum Gasteiger partial charge on any atom is 0.394 e. The summed E-state index contributed by atoms with van der Waals surface area (Å²) in [7, 11) is 1.41. The van der Waals surface area contributed by atoms with Crippen molar-refractivity contribution in [1.29, 1.82) is 0 Å². The molecule has 1 saturated carbocycles. The van der Waals surface area contributed by atoms with Crippen LogP contribution in [0.5, 0.6) is 0 Å². The lowest BCUT2D eigenvalue weighted by atomic mass is 9.93. The highest BCUT2D eigenvalue weighted by atomic mass is 79.9.